The molecule has 6 heteroatoms. The Kier molecular flexibility index (Phi) is 3.38. The van der Waals surface area contributed by atoms with Gasteiger partial charge in [0.1, 0.15) is 17.2 Å². The minimum absolute atomic E-state index is 0.107. The summed E-state index contributed by atoms with van der Waals surface area (Å²) < 4.78 is 27.7. The molecule has 0 aliphatic carbocycles. The van der Waals surface area contributed by atoms with Crippen LogP contribution in [0.2, 0.25) is 0 Å². The molecule has 96 valence electrons. The molecule has 0 bridgehead atoms. The van der Waals surface area contributed by atoms with Crippen molar-refractivity contribution >= 4 is 0 Å². The number of hydrogen-bond donors (Lipinski definition) is 1. The maximum Gasteiger partial charge on any atom is 0.151 e. The van der Waals surface area contributed by atoms with E-state index in [-0.39, 0.29) is 5.69 Å². The fraction of sp³-hybridized carbons (Fsp3) is 0.333. The van der Waals surface area contributed by atoms with Gasteiger partial charge in [0.25, 0.3) is 0 Å². The lowest BCUT2D eigenvalue weighted by Gasteiger charge is -2.07. The van der Waals surface area contributed by atoms with Gasteiger partial charge in [0.15, 0.2) is 5.82 Å². The molecule has 2 rings (SSSR count). The SMILES string of the molecule is CCC(O)c1nnn(-c2ccc(F)cc2F)c1C. The summed E-state index contributed by atoms with van der Waals surface area (Å²) in [5.74, 6) is -1.37. The van der Waals surface area contributed by atoms with Gasteiger partial charge in [-0.05, 0) is 25.5 Å². The third-order valence-corrected chi connectivity index (χ3v) is 2.77. The Morgan fingerprint density at radius 2 is 2.11 bits per heavy atom. The molecule has 0 saturated carbocycles. The van der Waals surface area contributed by atoms with E-state index >= 15 is 0 Å². The topological polar surface area (TPSA) is 50.9 Å². The minimum atomic E-state index is -0.734. The maximum absolute atomic E-state index is 13.6. The average molecular weight is 253 g/mol. The molecule has 1 unspecified atom stereocenters. The molecule has 1 aromatic heterocycles. The Morgan fingerprint density at radius 3 is 2.72 bits per heavy atom. The summed E-state index contributed by atoms with van der Waals surface area (Å²) in [6.07, 6.45) is -0.243. The van der Waals surface area contributed by atoms with Gasteiger partial charge in [-0.3, -0.25) is 0 Å². The number of hydrogen-bond acceptors (Lipinski definition) is 3. The van der Waals surface area contributed by atoms with Crippen LogP contribution in [-0.2, 0) is 0 Å². The highest BCUT2D eigenvalue weighted by atomic mass is 19.1. The zero-order chi connectivity index (χ0) is 13.3. The van der Waals surface area contributed by atoms with Crippen LogP contribution in [0.15, 0.2) is 18.2 Å². The van der Waals surface area contributed by atoms with Crippen molar-refractivity contribution < 1.29 is 13.9 Å². The summed E-state index contributed by atoms with van der Waals surface area (Å²) in [4.78, 5) is 0. The van der Waals surface area contributed by atoms with Crippen LogP contribution in [0.25, 0.3) is 5.69 Å². The van der Waals surface area contributed by atoms with Gasteiger partial charge < -0.3 is 5.11 Å². The molecule has 0 spiro atoms. The van der Waals surface area contributed by atoms with Crippen molar-refractivity contribution in [3.63, 3.8) is 0 Å². The number of aromatic nitrogens is 3. The van der Waals surface area contributed by atoms with Crippen molar-refractivity contribution in [3.8, 4) is 5.69 Å². The van der Waals surface area contributed by atoms with Gasteiger partial charge in [-0.15, -0.1) is 5.10 Å². The van der Waals surface area contributed by atoms with Crippen LogP contribution in [0, 0.1) is 18.6 Å². The van der Waals surface area contributed by atoms with Crippen LogP contribution in [0.1, 0.15) is 30.8 Å². The van der Waals surface area contributed by atoms with Crippen LogP contribution < -0.4 is 0 Å². The molecule has 0 fully saturated rings. The first-order valence-corrected chi connectivity index (χ1v) is 5.60. The average Bonchev–Trinajstić information content (AvgIpc) is 2.70. The van der Waals surface area contributed by atoms with E-state index in [1.165, 1.54) is 10.7 Å². The molecule has 0 radical (unpaired) electrons. The minimum Gasteiger partial charge on any atom is -0.387 e. The second-order valence-electron chi connectivity index (χ2n) is 3.99. The highest BCUT2D eigenvalue weighted by Crippen LogP contribution is 2.21. The molecule has 1 heterocycles. The predicted molar refractivity (Wildman–Crippen MR) is 61.3 cm³/mol. The molecule has 0 saturated heterocycles. The normalized spacial score (nSPS) is 12.7. The number of aliphatic hydroxyl groups excluding tert-OH is 1. The third-order valence-electron chi connectivity index (χ3n) is 2.77. The first kappa shape index (κ1) is 12.6. The van der Waals surface area contributed by atoms with Crippen molar-refractivity contribution in [1.29, 1.82) is 0 Å². The monoisotopic (exact) mass is 253 g/mol. The number of aliphatic hydroxyl groups is 1. The van der Waals surface area contributed by atoms with Crippen LogP contribution in [0.3, 0.4) is 0 Å². The lowest BCUT2D eigenvalue weighted by atomic mass is 10.1. The number of benzene rings is 1. The molecular weight excluding hydrogens is 240 g/mol. The first-order valence-electron chi connectivity index (χ1n) is 5.60. The van der Waals surface area contributed by atoms with E-state index in [1.54, 1.807) is 6.92 Å². The Morgan fingerprint density at radius 1 is 1.39 bits per heavy atom. The van der Waals surface area contributed by atoms with Crippen LogP contribution in [0.4, 0.5) is 8.78 Å². The Balaban J connectivity index is 2.49. The van der Waals surface area contributed by atoms with E-state index in [4.69, 9.17) is 0 Å². The van der Waals surface area contributed by atoms with E-state index in [0.29, 0.717) is 17.8 Å². The number of nitrogens with zero attached hydrogens (tertiary/aromatic N) is 3. The molecule has 2 aromatic rings. The third kappa shape index (κ3) is 2.11. The zero-order valence-electron chi connectivity index (χ0n) is 10.1. The lowest BCUT2D eigenvalue weighted by Crippen LogP contribution is -2.04. The highest BCUT2D eigenvalue weighted by molar-refractivity contribution is 5.35. The van der Waals surface area contributed by atoms with Crippen LogP contribution in [-0.4, -0.2) is 20.1 Å². The smallest absolute Gasteiger partial charge is 0.151 e. The van der Waals surface area contributed by atoms with Crippen molar-refractivity contribution in [1.82, 2.24) is 15.0 Å². The summed E-state index contributed by atoms with van der Waals surface area (Å²) in [6, 6.07) is 3.22. The van der Waals surface area contributed by atoms with Gasteiger partial charge in [-0.25, -0.2) is 13.5 Å². The summed E-state index contributed by atoms with van der Waals surface area (Å²) in [5, 5.41) is 17.3. The summed E-state index contributed by atoms with van der Waals surface area (Å²) in [6.45, 7) is 3.48. The Labute approximate surface area is 103 Å². The highest BCUT2D eigenvalue weighted by Gasteiger charge is 2.18. The fourth-order valence-corrected chi connectivity index (χ4v) is 1.72. The quantitative estimate of drug-likeness (QED) is 0.913. The van der Waals surface area contributed by atoms with Gasteiger partial charge in [-0.1, -0.05) is 12.1 Å². The van der Waals surface area contributed by atoms with Crippen molar-refractivity contribution in [3.05, 3.63) is 41.2 Å². The Bertz CT molecular complexity index is 568. The summed E-state index contributed by atoms with van der Waals surface area (Å²) >= 11 is 0. The Hall–Kier alpha value is -1.82. The predicted octanol–water partition coefficient (Wildman–Crippen LogP) is 2.30. The first-order chi connectivity index (χ1) is 8.54. The zero-order valence-corrected chi connectivity index (χ0v) is 10.1. The van der Waals surface area contributed by atoms with E-state index in [9.17, 15) is 13.9 Å². The molecule has 1 N–H and O–H groups in total. The molecule has 1 atom stereocenters. The molecule has 0 aliphatic rings. The lowest BCUT2D eigenvalue weighted by molar-refractivity contribution is 0.168. The van der Waals surface area contributed by atoms with Crippen molar-refractivity contribution in [2.24, 2.45) is 0 Å². The maximum atomic E-state index is 13.6. The van der Waals surface area contributed by atoms with Gasteiger partial charge in [0.05, 0.1) is 11.8 Å². The number of rotatable bonds is 3. The van der Waals surface area contributed by atoms with E-state index in [1.807, 2.05) is 6.92 Å². The summed E-state index contributed by atoms with van der Waals surface area (Å²) in [7, 11) is 0. The van der Waals surface area contributed by atoms with Crippen molar-refractivity contribution in [2.75, 3.05) is 0 Å². The van der Waals surface area contributed by atoms with Gasteiger partial charge in [0.2, 0.25) is 0 Å². The van der Waals surface area contributed by atoms with Gasteiger partial charge >= 0.3 is 0 Å². The molecule has 1 aromatic carbocycles. The summed E-state index contributed by atoms with van der Waals surface area (Å²) in [5.41, 5.74) is 1.05. The van der Waals surface area contributed by atoms with Crippen LogP contribution in [0.5, 0.6) is 0 Å². The second-order valence-corrected chi connectivity index (χ2v) is 3.99. The second kappa shape index (κ2) is 4.81. The fourth-order valence-electron chi connectivity index (χ4n) is 1.72. The standard InChI is InChI=1S/C12H13F2N3O/c1-3-11(18)12-7(2)17(16-15-12)10-5-4-8(13)6-9(10)14/h4-6,11,18H,3H2,1-2H3. The van der Waals surface area contributed by atoms with Crippen LogP contribution >= 0.6 is 0 Å². The van der Waals surface area contributed by atoms with Gasteiger partial charge in [-0.2, -0.15) is 0 Å². The van der Waals surface area contributed by atoms with E-state index in [0.717, 1.165) is 12.1 Å². The molecule has 0 amide bonds. The van der Waals surface area contributed by atoms with Gasteiger partial charge in [0, 0.05) is 6.07 Å². The van der Waals surface area contributed by atoms with Crippen molar-refractivity contribution in [2.45, 2.75) is 26.4 Å². The molecule has 0 aliphatic heterocycles. The van der Waals surface area contributed by atoms with E-state index in [2.05, 4.69) is 10.3 Å². The molecule has 4 nitrogen and oxygen atoms in total. The number of halogens is 2. The van der Waals surface area contributed by atoms with E-state index < -0.39 is 17.7 Å². The molecule has 18 heavy (non-hydrogen) atoms. The largest absolute Gasteiger partial charge is 0.387 e. The molecular formula is C12H13F2N3O.